The summed E-state index contributed by atoms with van der Waals surface area (Å²) in [6.07, 6.45) is 0. The van der Waals surface area contributed by atoms with Crippen molar-refractivity contribution in [1.82, 2.24) is 0 Å². The molecule has 0 aliphatic rings. The molecule has 0 N–H and O–H groups in total. The van der Waals surface area contributed by atoms with Crippen molar-refractivity contribution < 1.29 is 8.85 Å². The predicted molar refractivity (Wildman–Crippen MR) is 80.8 cm³/mol. The van der Waals surface area contributed by atoms with E-state index in [4.69, 9.17) is 8.85 Å². The van der Waals surface area contributed by atoms with Crippen LogP contribution in [-0.4, -0.2) is 36.9 Å². The fourth-order valence-electron chi connectivity index (χ4n) is 1.30. The monoisotopic (exact) mass is 278 g/mol. The minimum Gasteiger partial charge on any atom is -0.418 e. The van der Waals surface area contributed by atoms with Crippen LogP contribution in [0.5, 0.6) is 0 Å². The third-order valence-electron chi connectivity index (χ3n) is 3.16. The molecule has 0 radical (unpaired) electrons. The summed E-state index contributed by atoms with van der Waals surface area (Å²) < 4.78 is 12.4. The number of hydrogen-bond acceptors (Lipinski definition) is 2. The van der Waals surface area contributed by atoms with E-state index in [1.807, 2.05) is 0 Å². The summed E-state index contributed by atoms with van der Waals surface area (Å²) in [4.78, 5) is 0. The Hall–Kier alpha value is 0.571. The molecule has 0 aromatic heterocycles. The van der Waals surface area contributed by atoms with Gasteiger partial charge >= 0.3 is 0 Å². The van der Waals surface area contributed by atoms with E-state index in [0.29, 0.717) is 11.5 Å². The summed E-state index contributed by atoms with van der Waals surface area (Å²) in [5.74, 6) is 0. The van der Waals surface area contributed by atoms with Crippen molar-refractivity contribution in [3.8, 4) is 0 Å². The van der Waals surface area contributed by atoms with Gasteiger partial charge in [-0.2, -0.15) is 0 Å². The van der Waals surface area contributed by atoms with Crippen molar-refractivity contribution in [2.24, 2.45) is 0 Å². The Morgan fingerprint density at radius 2 is 1.31 bits per heavy atom. The van der Waals surface area contributed by atoms with Gasteiger partial charge in [0.25, 0.3) is 0 Å². The first kappa shape index (κ1) is 16.6. The zero-order valence-electron chi connectivity index (χ0n) is 12.5. The molecule has 0 saturated carbocycles. The van der Waals surface area contributed by atoms with Crippen molar-refractivity contribution in [3.05, 3.63) is 0 Å². The molecular weight excluding hydrogens is 248 g/mol. The third kappa shape index (κ3) is 5.77. The maximum Gasteiger partial charge on any atom is 0.213 e. The van der Waals surface area contributed by atoms with Gasteiger partial charge in [-0.1, -0.05) is 19.6 Å². The second kappa shape index (κ2) is 5.95. The Labute approximate surface area is 106 Å². The van der Waals surface area contributed by atoms with Crippen LogP contribution in [0, 0.1) is 0 Å². The van der Waals surface area contributed by atoms with Gasteiger partial charge < -0.3 is 8.85 Å². The van der Waals surface area contributed by atoms with E-state index in [2.05, 4.69) is 59.7 Å². The molecule has 0 saturated heterocycles. The van der Waals surface area contributed by atoms with Gasteiger partial charge in [0.2, 0.25) is 8.32 Å². The first-order chi connectivity index (χ1) is 6.97. The van der Waals surface area contributed by atoms with Crippen LogP contribution >= 0.6 is 0 Å². The standard InChI is InChI=1S/C11H30O2Si3/c1-10(12-14(3)4)16(8,9)13-11(2)15(5,6)7/h10-11,14H,1-9H3. The van der Waals surface area contributed by atoms with Gasteiger partial charge in [0.05, 0.1) is 13.8 Å². The molecule has 2 atom stereocenters. The molecule has 0 bridgehead atoms. The van der Waals surface area contributed by atoms with Crippen LogP contribution in [0.2, 0.25) is 45.8 Å². The van der Waals surface area contributed by atoms with Crippen molar-refractivity contribution in [3.63, 3.8) is 0 Å². The summed E-state index contributed by atoms with van der Waals surface area (Å²) in [6.45, 7) is 20.5. The minimum atomic E-state index is -1.70. The van der Waals surface area contributed by atoms with Crippen LogP contribution in [0.15, 0.2) is 0 Å². The fourth-order valence-corrected chi connectivity index (χ4v) is 7.67. The topological polar surface area (TPSA) is 18.5 Å². The molecule has 0 aliphatic heterocycles. The van der Waals surface area contributed by atoms with E-state index < -0.39 is 25.4 Å². The number of rotatable bonds is 6. The van der Waals surface area contributed by atoms with Gasteiger partial charge in [-0.05, 0) is 40.0 Å². The Balaban J connectivity index is 4.44. The lowest BCUT2D eigenvalue weighted by atomic mass is 10.9. The Morgan fingerprint density at radius 3 is 1.62 bits per heavy atom. The van der Waals surface area contributed by atoms with E-state index in [-0.39, 0.29) is 0 Å². The summed E-state index contributed by atoms with van der Waals surface area (Å²) in [5, 5.41) is 0. The lowest BCUT2D eigenvalue weighted by Crippen LogP contribution is -2.52. The van der Waals surface area contributed by atoms with Crippen molar-refractivity contribution >= 4 is 25.4 Å². The largest absolute Gasteiger partial charge is 0.418 e. The van der Waals surface area contributed by atoms with Crippen molar-refractivity contribution in [1.29, 1.82) is 0 Å². The molecule has 5 heteroatoms. The first-order valence-corrected chi connectivity index (χ1v) is 15.6. The SMILES string of the molecule is CC(O[Si](C)(C)C(C)O[SiH](C)C)[Si](C)(C)C. The quantitative estimate of drug-likeness (QED) is 0.693. The van der Waals surface area contributed by atoms with Gasteiger partial charge in [0, 0.05) is 5.73 Å². The minimum absolute atomic E-state index is 0.318. The van der Waals surface area contributed by atoms with Crippen LogP contribution in [-0.2, 0) is 8.85 Å². The highest BCUT2D eigenvalue weighted by Gasteiger charge is 2.36. The molecule has 0 fully saturated rings. The molecular formula is C11H30O2Si3. The summed E-state index contributed by atoms with van der Waals surface area (Å²) >= 11 is 0. The molecule has 2 unspecified atom stereocenters. The molecule has 0 heterocycles. The van der Waals surface area contributed by atoms with E-state index >= 15 is 0 Å². The molecule has 0 aromatic rings. The zero-order valence-corrected chi connectivity index (χ0v) is 15.7. The fraction of sp³-hybridized carbons (Fsp3) is 1.00. The van der Waals surface area contributed by atoms with Gasteiger partial charge in [-0.3, -0.25) is 0 Å². The smallest absolute Gasteiger partial charge is 0.213 e. The van der Waals surface area contributed by atoms with E-state index in [9.17, 15) is 0 Å². The highest BCUT2D eigenvalue weighted by molar-refractivity contribution is 6.79. The molecule has 98 valence electrons. The molecule has 0 rings (SSSR count). The Morgan fingerprint density at radius 1 is 0.875 bits per heavy atom. The van der Waals surface area contributed by atoms with Crippen molar-refractivity contribution in [2.45, 2.75) is 71.1 Å². The van der Waals surface area contributed by atoms with Gasteiger partial charge in [0.15, 0.2) is 9.04 Å². The highest BCUT2D eigenvalue weighted by Crippen LogP contribution is 2.21. The molecule has 0 aliphatic carbocycles. The third-order valence-corrected chi connectivity index (χ3v) is 10.2. The van der Waals surface area contributed by atoms with E-state index in [0.717, 1.165) is 0 Å². The summed E-state index contributed by atoms with van der Waals surface area (Å²) in [6, 6.07) is 0. The van der Waals surface area contributed by atoms with Crippen LogP contribution in [0.25, 0.3) is 0 Å². The summed E-state index contributed by atoms with van der Waals surface area (Å²) in [7, 11) is -3.83. The second-order valence-corrected chi connectivity index (χ2v) is 18.7. The van der Waals surface area contributed by atoms with Crippen LogP contribution in [0.1, 0.15) is 13.8 Å². The molecule has 16 heavy (non-hydrogen) atoms. The summed E-state index contributed by atoms with van der Waals surface area (Å²) in [5.41, 5.74) is 0.743. The first-order valence-electron chi connectivity index (χ1n) is 6.30. The average molecular weight is 279 g/mol. The molecule has 2 nitrogen and oxygen atoms in total. The highest BCUT2D eigenvalue weighted by atomic mass is 28.4. The average Bonchev–Trinajstić information content (AvgIpc) is 1.99. The van der Waals surface area contributed by atoms with Gasteiger partial charge in [-0.15, -0.1) is 0 Å². The molecule has 0 amide bonds. The van der Waals surface area contributed by atoms with Crippen LogP contribution < -0.4 is 0 Å². The molecule has 0 aromatic carbocycles. The maximum absolute atomic E-state index is 6.36. The zero-order chi connectivity index (χ0) is 13.1. The van der Waals surface area contributed by atoms with Crippen molar-refractivity contribution in [2.75, 3.05) is 0 Å². The van der Waals surface area contributed by atoms with E-state index in [1.165, 1.54) is 0 Å². The lowest BCUT2D eigenvalue weighted by molar-refractivity contribution is 0.212. The second-order valence-electron chi connectivity index (χ2n) is 6.56. The Bertz CT molecular complexity index is 212. The van der Waals surface area contributed by atoms with E-state index in [1.54, 1.807) is 0 Å². The predicted octanol–water partition coefficient (Wildman–Crippen LogP) is 3.40. The van der Waals surface area contributed by atoms with Gasteiger partial charge in [-0.25, -0.2) is 0 Å². The normalized spacial score (nSPS) is 17.6. The van der Waals surface area contributed by atoms with Crippen LogP contribution in [0.3, 0.4) is 0 Å². The van der Waals surface area contributed by atoms with Crippen LogP contribution in [0.4, 0.5) is 0 Å². The van der Waals surface area contributed by atoms with Gasteiger partial charge in [0.1, 0.15) is 0 Å². The Kier molecular flexibility index (Phi) is 6.16. The molecule has 0 spiro atoms. The number of hydrogen-bond donors (Lipinski definition) is 0. The lowest BCUT2D eigenvalue weighted by Gasteiger charge is -2.37. The maximum atomic E-state index is 6.36.